The number of hydrogen-bond acceptors (Lipinski definition) is 3. The second-order valence-electron chi connectivity index (χ2n) is 2.63. The number of hydrogen-bond donors (Lipinski definition) is 1. The van der Waals surface area contributed by atoms with E-state index in [9.17, 15) is 14.9 Å². The lowest BCUT2D eigenvalue weighted by atomic mass is 10.2. The largest absolute Gasteiger partial charge is 0.478 e. The first-order valence-corrected chi connectivity index (χ1v) is 4.93. The van der Waals surface area contributed by atoms with Gasteiger partial charge in [0.15, 0.2) is 0 Å². The molecule has 0 aromatic heterocycles. The molecule has 0 heterocycles. The molecule has 1 aromatic rings. The average Bonchev–Trinajstić information content (AvgIpc) is 2.16. The molecule has 1 N–H and O–H groups in total. The zero-order chi connectivity index (χ0) is 11.4. The van der Waals surface area contributed by atoms with Gasteiger partial charge in [0.05, 0.1) is 4.92 Å². The Kier molecular flexibility index (Phi) is 3.78. The quantitative estimate of drug-likeness (QED) is 0.401. The van der Waals surface area contributed by atoms with Crippen LogP contribution in [0.25, 0.3) is 6.08 Å². The molecule has 15 heavy (non-hydrogen) atoms. The predicted molar refractivity (Wildman–Crippen MR) is 62.5 cm³/mol. The monoisotopic (exact) mass is 319 g/mol. The third-order valence-corrected chi connectivity index (χ3v) is 2.58. The summed E-state index contributed by atoms with van der Waals surface area (Å²) in [7, 11) is 0. The first kappa shape index (κ1) is 11.6. The van der Waals surface area contributed by atoms with Gasteiger partial charge in [-0.2, -0.15) is 0 Å². The van der Waals surface area contributed by atoms with Crippen LogP contribution in [0.2, 0.25) is 0 Å². The van der Waals surface area contributed by atoms with Crippen molar-refractivity contribution in [1.82, 2.24) is 0 Å². The molecular weight excluding hydrogens is 313 g/mol. The van der Waals surface area contributed by atoms with Gasteiger partial charge in [-0.3, -0.25) is 10.1 Å². The van der Waals surface area contributed by atoms with Crippen LogP contribution in [0, 0.1) is 13.7 Å². The lowest BCUT2D eigenvalue weighted by Gasteiger charge is -1.97. The second-order valence-corrected chi connectivity index (χ2v) is 3.80. The van der Waals surface area contributed by atoms with E-state index in [1.807, 2.05) is 22.6 Å². The highest BCUT2D eigenvalue weighted by Gasteiger charge is 2.07. The Hall–Kier alpha value is -1.44. The van der Waals surface area contributed by atoms with E-state index in [4.69, 9.17) is 5.11 Å². The van der Waals surface area contributed by atoms with Crippen molar-refractivity contribution in [2.75, 3.05) is 0 Å². The SMILES string of the molecule is O=C(O)/C=C/c1cc([N+](=O)[O-])ccc1I. The number of carboxylic acid groups (broad SMARTS) is 1. The van der Waals surface area contributed by atoms with E-state index in [-0.39, 0.29) is 5.69 Å². The first-order valence-electron chi connectivity index (χ1n) is 3.85. The number of non-ortho nitro benzene ring substituents is 1. The summed E-state index contributed by atoms with van der Waals surface area (Å²) in [6, 6.07) is 4.28. The van der Waals surface area contributed by atoms with E-state index in [1.165, 1.54) is 18.2 Å². The Morgan fingerprint density at radius 1 is 1.53 bits per heavy atom. The van der Waals surface area contributed by atoms with Gasteiger partial charge in [0.1, 0.15) is 0 Å². The van der Waals surface area contributed by atoms with Crippen LogP contribution < -0.4 is 0 Å². The Morgan fingerprint density at radius 3 is 2.73 bits per heavy atom. The molecule has 0 unspecified atom stereocenters. The van der Waals surface area contributed by atoms with Crippen molar-refractivity contribution < 1.29 is 14.8 Å². The number of carbonyl (C=O) groups is 1. The second kappa shape index (κ2) is 4.87. The number of nitro benzene ring substituents is 1. The Morgan fingerprint density at radius 2 is 2.20 bits per heavy atom. The van der Waals surface area contributed by atoms with Crippen LogP contribution in [0.5, 0.6) is 0 Å². The lowest BCUT2D eigenvalue weighted by molar-refractivity contribution is -0.384. The zero-order valence-corrected chi connectivity index (χ0v) is 9.54. The maximum atomic E-state index is 10.5. The normalized spacial score (nSPS) is 10.5. The number of aliphatic carboxylic acids is 1. The topological polar surface area (TPSA) is 80.4 Å². The number of carboxylic acids is 1. The van der Waals surface area contributed by atoms with E-state index >= 15 is 0 Å². The maximum absolute atomic E-state index is 10.5. The minimum Gasteiger partial charge on any atom is -0.478 e. The molecule has 0 saturated heterocycles. The van der Waals surface area contributed by atoms with Gasteiger partial charge in [0.2, 0.25) is 0 Å². The molecule has 0 amide bonds. The van der Waals surface area contributed by atoms with Gasteiger partial charge in [0, 0.05) is 21.8 Å². The average molecular weight is 319 g/mol. The van der Waals surface area contributed by atoms with Crippen molar-refractivity contribution in [1.29, 1.82) is 0 Å². The fourth-order valence-corrected chi connectivity index (χ4v) is 1.45. The lowest BCUT2D eigenvalue weighted by Crippen LogP contribution is -1.91. The van der Waals surface area contributed by atoms with Crippen molar-refractivity contribution >= 4 is 40.3 Å². The van der Waals surface area contributed by atoms with Gasteiger partial charge in [-0.25, -0.2) is 4.79 Å². The Balaban J connectivity index is 3.11. The highest BCUT2D eigenvalue weighted by atomic mass is 127. The third kappa shape index (κ3) is 3.31. The standard InChI is InChI=1S/C9H6INO4/c10-8-3-2-7(11(14)15)5-6(8)1-4-9(12)13/h1-5H,(H,12,13)/b4-1+. The van der Waals surface area contributed by atoms with Gasteiger partial charge >= 0.3 is 5.97 Å². The van der Waals surface area contributed by atoms with Gasteiger partial charge in [0.25, 0.3) is 5.69 Å². The van der Waals surface area contributed by atoms with Crippen LogP contribution in [0.3, 0.4) is 0 Å². The van der Waals surface area contributed by atoms with Crippen LogP contribution >= 0.6 is 22.6 Å². The molecule has 1 aromatic carbocycles. The number of nitro groups is 1. The van der Waals surface area contributed by atoms with Crippen LogP contribution in [-0.2, 0) is 4.79 Å². The van der Waals surface area contributed by atoms with E-state index in [0.29, 0.717) is 5.56 Å². The molecule has 0 fully saturated rings. The number of benzene rings is 1. The summed E-state index contributed by atoms with van der Waals surface area (Å²) >= 11 is 1.98. The van der Waals surface area contributed by atoms with E-state index in [1.54, 1.807) is 6.07 Å². The summed E-state index contributed by atoms with van der Waals surface area (Å²) in [5.41, 5.74) is 0.465. The van der Waals surface area contributed by atoms with Gasteiger partial charge in [-0.15, -0.1) is 0 Å². The molecule has 0 aliphatic carbocycles. The van der Waals surface area contributed by atoms with Crippen molar-refractivity contribution in [2.45, 2.75) is 0 Å². The third-order valence-electron chi connectivity index (χ3n) is 1.60. The summed E-state index contributed by atoms with van der Waals surface area (Å²) < 4.78 is 0.760. The highest BCUT2D eigenvalue weighted by Crippen LogP contribution is 2.20. The minimum atomic E-state index is -1.09. The van der Waals surface area contributed by atoms with Crippen molar-refractivity contribution in [3.05, 3.63) is 43.5 Å². The molecule has 0 bridgehead atoms. The Labute approximate surface area is 98.7 Å². The molecule has 1 rings (SSSR count). The van der Waals surface area contributed by atoms with Crippen LogP contribution in [-0.4, -0.2) is 16.0 Å². The summed E-state index contributed by atoms with van der Waals surface area (Å²) in [6.07, 6.45) is 2.28. The fraction of sp³-hybridized carbons (Fsp3) is 0. The molecule has 0 aliphatic heterocycles. The molecule has 0 saturated carbocycles. The van der Waals surface area contributed by atoms with Gasteiger partial charge < -0.3 is 5.11 Å². The van der Waals surface area contributed by atoms with Gasteiger partial charge in [-0.05, 0) is 40.3 Å². The van der Waals surface area contributed by atoms with Crippen LogP contribution in [0.4, 0.5) is 5.69 Å². The smallest absolute Gasteiger partial charge is 0.328 e. The molecule has 0 atom stereocenters. The fourth-order valence-electron chi connectivity index (χ4n) is 0.933. The molecular formula is C9H6INO4. The number of rotatable bonds is 3. The zero-order valence-electron chi connectivity index (χ0n) is 7.38. The van der Waals surface area contributed by atoms with E-state index < -0.39 is 10.9 Å². The summed E-state index contributed by atoms with van der Waals surface area (Å²) in [5, 5.41) is 18.9. The van der Waals surface area contributed by atoms with E-state index in [2.05, 4.69) is 0 Å². The predicted octanol–water partition coefficient (Wildman–Crippen LogP) is 2.30. The first-order chi connectivity index (χ1) is 7.00. The molecule has 0 radical (unpaired) electrons. The van der Waals surface area contributed by atoms with Crippen LogP contribution in [0.15, 0.2) is 24.3 Å². The van der Waals surface area contributed by atoms with Crippen LogP contribution in [0.1, 0.15) is 5.56 Å². The van der Waals surface area contributed by atoms with Crippen molar-refractivity contribution in [3.63, 3.8) is 0 Å². The van der Waals surface area contributed by atoms with Gasteiger partial charge in [-0.1, -0.05) is 0 Å². The minimum absolute atomic E-state index is 0.0551. The molecule has 5 nitrogen and oxygen atoms in total. The summed E-state index contributed by atoms with van der Waals surface area (Å²) in [6.45, 7) is 0. The number of nitrogens with zero attached hydrogens (tertiary/aromatic N) is 1. The molecule has 6 heteroatoms. The summed E-state index contributed by atoms with van der Waals surface area (Å²) in [5.74, 6) is -1.09. The molecule has 0 aliphatic rings. The highest BCUT2D eigenvalue weighted by molar-refractivity contribution is 14.1. The Bertz CT molecular complexity index is 442. The van der Waals surface area contributed by atoms with Crippen molar-refractivity contribution in [3.8, 4) is 0 Å². The van der Waals surface area contributed by atoms with Crippen molar-refractivity contribution in [2.24, 2.45) is 0 Å². The van der Waals surface area contributed by atoms with E-state index in [0.717, 1.165) is 9.65 Å². The number of halogens is 1. The maximum Gasteiger partial charge on any atom is 0.328 e. The molecule has 0 spiro atoms. The molecule has 78 valence electrons. The summed E-state index contributed by atoms with van der Waals surface area (Å²) in [4.78, 5) is 20.2.